The van der Waals surface area contributed by atoms with Crippen molar-refractivity contribution >= 4 is 5.91 Å². The minimum Gasteiger partial charge on any atom is -0.497 e. The molecule has 4 heteroatoms. The Hall–Kier alpha value is -1.55. The fourth-order valence-electron chi connectivity index (χ4n) is 4.20. The Kier molecular flexibility index (Phi) is 4.90. The van der Waals surface area contributed by atoms with E-state index in [1.807, 2.05) is 12.1 Å². The van der Waals surface area contributed by atoms with Crippen LogP contribution in [0.5, 0.6) is 5.75 Å². The number of benzene rings is 1. The summed E-state index contributed by atoms with van der Waals surface area (Å²) in [4.78, 5) is 15.5. The molecule has 1 saturated carbocycles. The van der Waals surface area contributed by atoms with E-state index in [-0.39, 0.29) is 5.41 Å². The predicted octanol–water partition coefficient (Wildman–Crippen LogP) is 2.70. The second kappa shape index (κ2) is 6.91. The minimum atomic E-state index is -0.343. The number of hydrogen-bond donors (Lipinski definition) is 1. The molecular weight excluding hydrogens is 288 g/mol. The Labute approximate surface area is 139 Å². The van der Waals surface area contributed by atoms with Gasteiger partial charge in [0.25, 0.3) is 0 Å². The van der Waals surface area contributed by atoms with E-state index in [0.29, 0.717) is 11.8 Å². The Balaban J connectivity index is 1.84. The summed E-state index contributed by atoms with van der Waals surface area (Å²) in [6.45, 7) is 2.45. The Bertz CT molecular complexity index is 544. The molecule has 1 aliphatic heterocycles. The molecule has 1 heterocycles. The van der Waals surface area contributed by atoms with Crippen molar-refractivity contribution in [3.63, 3.8) is 0 Å². The molecule has 0 spiro atoms. The Morgan fingerprint density at radius 2 is 2.00 bits per heavy atom. The van der Waals surface area contributed by atoms with Gasteiger partial charge in [0.05, 0.1) is 12.5 Å². The lowest BCUT2D eigenvalue weighted by Crippen LogP contribution is -2.49. The largest absolute Gasteiger partial charge is 0.497 e. The molecule has 3 rings (SSSR count). The normalized spacial score (nSPS) is 21.4. The lowest BCUT2D eigenvalue weighted by molar-refractivity contribution is -0.138. The van der Waals surface area contributed by atoms with E-state index in [4.69, 9.17) is 10.5 Å². The number of likely N-dealkylation sites (tertiary alicyclic amines) is 1. The van der Waals surface area contributed by atoms with Gasteiger partial charge in [0.15, 0.2) is 0 Å². The molecule has 0 unspecified atom stereocenters. The summed E-state index contributed by atoms with van der Waals surface area (Å²) in [6.07, 6.45) is 6.24. The van der Waals surface area contributed by atoms with E-state index in [9.17, 15) is 4.79 Å². The van der Waals surface area contributed by atoms with Crippen molar-refractivity contribution in [2.75, 3.05) is 26.7 Å². The molecule has 0 atom stereocenters. The summed E-state index contributed by atoms with van der Waals surface area (Å²) >= 11 is 0. The lowest BCUT2D eigenvalue weighted by atomic mass is 9.77. The van der Waals surface area contributed by atoms with E-state index in [0.717, 1.165) is 69.5 Å². The number of carbonyl (C=O) groups is 1. The predicted molar refractivity (Wildman–Crippen MR) is 91.5 cm³/mol. The van der Waals surface area contributed by atoms with Crippen LogP contribution in [0.4, 0.5) is 0 Å². The number of piperidine rings is 1. The van der Waals surface area contributed by atoms with Crippen LogP contribution in [0.25, 0.3) is 0 Å². The second-order valence-corrected chi connectivity index (χ2v) is 6.99. The van der Waals surface area contributed by atoms with Crippen molar-refractivity contribution in [3.05, 3.63) is 29.8 Å². The van der Waals surface area contributed by atoms with Gasteiger partial charge in [-0.2, -0.15) is 0 Å². The van der Waals surface area contributed by atoms with Crippen molar-refractivity contribution in [3.8, 4) is 5.75 Å². The third kappa shape index (κ3) is 3.09. The number of nitrogens with zero attached hydrogens (tertiary/aromatic N) is 1. The Morgan fingerprint density at radius 3 is 2.61 bits per heavy atom. The van der Waals surface area contributed by atoms with E-state index >= 15 is 0 Å². The minimum absolute atomic E-state index is 0.318. The van der Waals surface area contributed by atoms with E-state index in [1.54, 1.807) is 7.11 Å². The van der Waals surface area contributed by atoms with Crippen LogP contribution in [0, 0.1) is 5.92 Å². The number of carbonyl (C=O) groups excluding carboxylic acids is 1. The highest BCUT2D eigenvalue weighted by molar-refractivity contribution is 5.89. The lowest BCUT2D eigenvalue weighted by Gasteiger charge is -2.38. The molecule has 1 saturated heterocycles. The Morgan fingerprint density at radius 1 is 1.30 bits per heavy atom. The van der Waals surface area contributed by atoms with E-state index < -0.39 is 0 Å². The van der Waals surface area contributed by atoms with Crippen LogP contribution >= 0.6 is 0 Å². The van der Waals surface area contributed by atoms with Gasteiger partial charge in [-0.05, 0) is 55.8 Å². The molecule has 1 aliphatic carbocycles. The summed E-state index contributed by atoms with van der Waals surface area (Å²) in [5.74, 6) is 1.73. The summed E-state index contributed by atoms with van der Waals surface area (Å²) in [5, 5.41) is 0. The first kappa shape index (κ1) is 16.3. The molecule has 2 fully saturated rings. The number of ether oxygens (including phenoxy) is 1. The zero-order valence-electron chi connectivity index (χ0n) is 14.1. The third-order valence-electron chi connectivity index (χ3n) is 5.72. The van der Waals surface area contributed by atoms with Gasteiger partial charge in [-0.15, -0.1) is 0 Å². The van der Waals surface area contributed by atoms with Gasteiger partial charge < -0.3 is 15.4 Å². The SMILES string of the molecule is COc1cccc(C2(C(=O)N3CCC(CN)CC3)CCCC2)c1. The molecule has 0 radical (unpaired) electrons. The first-order valence-electron chi connectivity index (χ1n) is 8.83. The van der Waals surface area contributed by atoms with Crippen molar-refractivity contribution in [2.45, 2.75) is 43.9 Å². The maximum absolute atomic E-state index is 13.4. The fraction of sp³-hybridized carbons (Fsp3) is 0.632. The molecule has 0 bridgehead atoms. The molecule has 2 aliphatic rings. The van der Waals surface area contributed by atoms with Crippen LogP contribution < -0.4 is 10.5 Å². The molecule has 0 aromatic heterocycles. The average Bonchev–Trinajstić information content (AvgIpc) is 3.12. The van der Waals surface area contributed by atoms with Gasteiger partial charge in [0, 0.05) is 13.1 Å². The van der Waals surface area contributed by atoms with Crippen molar-refractivity contribution < 1.29 is 9.53 Å². The van der Waals surface area contributed by atoms with E-state index in [2.05, 4.69) is 17.0 Å². The van der Waals surface area contributed by atoms with Crippen molar-refractivity contribution in [2.24, 2.45) is 11.7 Å². The van der Waals surface area contributed by atoms with Crippen LogP contribution in [-0.4, -0.2) is 37.6 Å². The summed E-state index contributed by atoms with van der Waals surface area (Å²) in [7, 11) is 1.68. The van der Waals surface area contributed by atoms with Gasteiger partial charge in [-0.3, -0.25) is 4.79 Å². The molecule has 1 amide bonds. The molecular formula is C19H28N2O2. The first-order valence-corrected chi connectivity index (χ1v) is 8.83. The molecule has 1 aromatic rings. The fourth-order valence-corrected chi connectivity index (χ4v) is 4.20. The summed E-state index contributed by atoms with van der Waals surface area (Å²) < 4.78 is 5.37. The zero-order chi connectivity index (χ0) is 16.3. The highest BCUT2D eigenvalue weighted by Crippen LogP contribution is 2.44. The number of amides is 1. The van der Waals surface area contributed by atoms with Gasteiger partial charge in [0.2, 0.25) is 5.91 Å². The van der Waals surface area contributed by atoms with Crippen LogP contribution in [-0.2, 0) is 10.2 Å². The highest BCUT2D eigenvalue weighted by Gasteiger charge is 2.45. The van der Waals surface area contributed by atoms with Crippen molar-refractivity contribution in [1.29, 1.82) is 0 Å². The molecule has 4 nitrogen and oxygen atoms in total. The second-order valence-electron chi connectivity index (χ2n) is 6.99. The van der Waals surface area contributed by atoms with E-state index in [1.165, 1.54) is 0 Å². The van der Waals surface area contributed by atoms with Crippen LogP contribution in [0.1, 0.15) is 44.1 Å². The zero-order valence-corrected chi connectivity index (χ0v) is 14.1. The van der Waals surface area contributed by atoms with Gasteiger partial charge in [-0.25, -0.2) is 0 Å². The smallest absolute Gasteiger partial charge is 0.233 e. The summed E-state index contributed by atoms with van der Waals surface area (Å²) in [6, 6.07) is 8.10. The third-order valence-corrected chi connectivity index (χ3v) is 5.72. The highest BCUT2D eigenvalue weighted by atomic mass is 16.5. The maximum Gasteiger partial charge on any atom is 0.233 e. The van der Waals surface area contributed by atoms with Crippen LogP contribution in [0.15, 0.2) is 24.3 Å². The quantitative estimate of drug-likeness (QED) is 0.929. The first-order chi connectivity index (χ1) is 11.2. The molecule has 2 N–H and O–H groups in total. The topological polar surface area (TPSA) is 55.6 Å². The van der Waals surface area contributed by atoms with Gasteiger partial charge >= 0.3 is 0 Å². The van der Waals surface area contributed by atoms with Gasteiger partial charge in [0.1, 0.15) is 5.75 Å². The monoisotopic (exact) mass is 316 g/mol. The number of hydrogen-bond acceptors (Lipinski definition) is 3. The molecule has 23 heavy (non-hydrogen) atoms. The van der Waals surface area contributed by atoms with Crippen LogP contribution in [0.2, 0.25) is 0 Å². The number of nitrogens with two attached hydrogens (primary N) is 1. The summed E-state index contributed by atoms with van der Waals surface area (Å²) in [5.41, 5.74) is 6.56. The molecule has 1 aromatic carbocycles. The van der Waals surface area contributed by atoms with Gasteiger partial charge in [-0.1, -0.05) is 25.0 Å². The molecule has 126 valence electrons. The number of methoxy groups -OCH3 is 1. The van der Waals surface area contributed by atoms with Crippen LogP contribution in [0.3, 0.4) is 0 Å². The van der Waals surface area contributed by atoms with Crippen molar-refractivity contribution in [1.82, 2.24) is 4.90 Å². The standard InChI is InChI=1S/C19H28N2O2/c1-23-17-6-4-5-16(13-17)19(9-2-3-10-19)18(22)21-11-7-15(14-20)8-12-21/h4-6,13,15H,2-3,7-12,14,20H2,1H3. The average molecular weight is 316 g/mol. The maximum atomic E-state index is 13.4. The number of rotatable bonds is 4.